The number of amides is 2. The fourth-order valence-electron chi connectivity index (χ4n) is 1.93. The quantitative estimate of drug-likeness (QED) is 0.735. The van der Waals surface area contributed by atoms with Crippen molar-refractivity contribution in [1.29, 1.82) is 0 Å². The number of nitrogens with two attached hydrogens (primary N) is 1. The molecule has 0 aliphatic carbocycles. The second kappa shape index (κ2) is 7.16. The first-order chi connectivity index (χ1) is 8.15. The summed E-state index contributed by atoms with van der Waals surface area (Å²) in [5.74, 6) is 0. The molecular formula is C12H17ClIN3O. The molecule has 1 aromatic rings. The first kappa shape index (κ1) is 15.5. The Balaban J connectivity index is 0.00000162. The Morgan fingerprint density at radius 2 is 2.06 bits per heavy atom. The van der Waals surface area contributed by atoms with Gasteiger partial charge in [-0.15, -0.1) is 12.4 Å². The minimum Gasteiger partial charge on any atom is -0.326 e. The van der Waals surface area contributed by atoms with Crippen molar-refractivity contribution in [3.63, 3.8) is 0 Å². The Morgan fingerprint density at radius 3 is 2.67 bits per heavy atom. The lowest BCUT2D eigenvalue weighted by atomic mass is 10.1. The molecular weight excluding hydrogens is 365 g/mol. The van der Waals surface area contributed by atoms with Crippen LogP contribution in [0, 0.1) is 3.57 Å². The number of likely N-dealkylation sites (tertiary alicyclic amines) is 1. The minimum atomic E-state index is -0.0543. The molecule has 2 rings (SSSR count). The number of rotatable bonds is 1. The van der Waals surface area contributed by atoms with Gasteiger partial charge < -0.3 is 16.0 Å². The van der Waals surface area contributed by atoms with Gasteiger partial charge in [-0.3, -0.25) is 0 Å². The van der Waals surface area contributed by atoms with Crippen molar-refractivity contribution in [1.82, 2.24) is 4.90 Å². The predicted molar refractivity (Wildman–Crippen MR) is 84.2 cm³/mol. The van der Waals surface area contributed by atoms with Crippen LogP contribution < -0.4 is 11.1 Å². The van der Waals surface area contributed by atoms with Gasteiger partial charge >= 0.3 is 6.03 Å². The standard InChI is InChI=1S/C12H16IN3O.ClH/c13-9-3-5-11(6-4-9)15-12(17)16-7-1-2-10(14)8-16;/h3-6,10H,1-2,7-8,14H2,(H,15,17);1H/t10-;/m1./s1. The average molecular weight is 382 g/mol. The molecule has 1 atom stereocenters. The highest BCUT2D eigenvalue weighted by Gasteiger charge is 2.20. The molecule has 0 bridgehead atoms. The van der Waals surface area contributed by atoms with Crippen molar-refractivity contribution in [3.05, 3.63) is 27.8 Å². The van der Waals surface area contributed by atoms with Crippen molar-refractivity contribution < 1.29 is 4.79 Å². The van der Waals surface area contributed by atoms with Gasteiger partial charge in [0.2, 0.25) is 0 Å². The Hall–Kier alpha value is -0.530. The van der Waals surface area contributed by atoms with E-state index in [1.54, 1.807) is 4.90 Å². The van der Waals surface area contributed by atoms with Crippen molar-refractivity contribution >= 4 is 46.7 Å². The molecule has 1 aromatic carbocycles. The molecule has 1 aliphatic heterocycles. The lowest BCUT2D eigenvalue weighted by molar-refractivity contribution is 0.193. The first-order valence-electron chi connectivity index (χ1n) is 5.72. The minimum absolute atomic E-state index is 0. The number of carbonyl (C=O) groups is 1. The van der Waals surface area contributed by atoms with Crippen LogP contribution in [0.2, 0.25) is 0 Å². The molecule has 4 nitrogen and oxygen atoms in total. The molecule has 0 saturated carbocycles. The Labute approximate surface area is 127 Å². The molecule has 1 saturated heterocycles. The third-order valence-corrected chi connectivity index (χ3v) is 3.56. The number of anilines is 1. The number of carbonyl (C=O) groups excluding carboxylic acids is 1. The summed E-state index contributed by atoms with van der Waals surface area (Å²) in [4.78, 5) is 13.7. The molecule has 0 aromatic heterocycles. The van der Waals surface area contributed by atoms with E-state index in [0.717, 1.165) is 28.6 Å². The zero-order valence-electron chi connectivity index (χ0n) is 9.93. The predicted octanol–water partition coefficient (Wildman–Crippen LogP) is 2.67. The van der Waals surface area contributed by atoms with Gasteiger partial charge in [-0.1, -0.05) is 0 Å². The third kappa shape index (κ3) is 4.29. The highest BCUT2D eigenvalue weighted by Crippen LogP contribution is 2.14. The van der Waals surface area contributed by atoms with Crippen molar-refractivity contribution in [3.8, 4) is 0 Å². The van der Waals surface area contributed by atoms with Gasteiger partial charge in [-0.2, -0.15) is 0 Å². The van der Waals surface area contributed by atoms with E-state index >= 15 is 0 Å². The molecule has 1 fully saturated rings. The van der Waals surface area contributed by atoms with Crippen molar-refractivity contribution in [2.75, 3.05) is 18.4 Å². The lowest BCUT2D eigenvalue weighted by Crippen LogP contribution is -2.47. The van der Waals surface area contributed by atoms with Crippen LogP contribution in [0.3, 0.4) is 0 Å². The van der Waals surface area contributed by atoms with Crippen molar-refractivity contribution in [2.45, 2.75) is 18.9 Å². The molecule has 1 heterocycles. The zero-order chi connectivity index (χ0) is 12.3. The van der Waals surface area contributed by atoms with Crippen LogP contribution in [0.5, 0.6) is 0 Å². The monoisotopic (exact) mass is 381 g/mol. The Bertz CT molecular complexity index is 399. The maximum Gasteiger partial charge on any atom is 0.321 e. The largest absolute Gasteiger partial charge is 0.326 e. The molecule has 2 amide bonds. The van der Waals surface area contributed by atoms with E-state index in [1.807, 2.05) is 24.3 Å². The van der Waals surface area contributed by atoms with E-state index in [-0.39, 0.29) is 24.5 Å². The van der Waals surface area contributed by atoms with E-state index in [9.17, 15) is 4.79 Å². The van der Waals surface area contributed by atoms with E-state index in [0.29, 0.717) is 6.54 Å². The van der Waals surface area contributed by atoms with Gasteiger partial charge in [-0.05, 0) is 59.7 Å². The van der Waals surface area contributed by atoms with E-state index in [1.165, 1.54) is 0 Å². The first-order valence-corrected chi connectivity index (χ1v) is 6.80. The van der Waals surface area contributed by atoms with Crippen LogP contribution in [0.25, 0.3) is 0 Å². The molecule has 18 heavy (non-hydrogen) atoms. The Morgan fingerprint density at radius 1 is 1.39 bits per heavy atom. The molecule has 0 unspecified atom stereocenters. The molecule has 1 aliphatic rings. The summed E-state index contributed by atoms with van der Waals surface area (Å²) < 4.78 is 1.15. The number of nitrogens with one attached hydrogen (secondary N) is 1. The fraction of sp³-hybridized carbons (Fsp3) is 0.417. The molecule has 100 valence electrons. The van der Waals surface area contributed by atoms with Gasteiger partial charge in [0.25, 0.3) is 0 Å². The molecule has 0 radical (unpaired) electrons. The third-order valence-electron chi connectivity index (χ3n) is 2.84. The van der Waals surface area contributed by atoms with Crippen LogP contribution in [-0.4, -0.2) is 30.1 Å². The average Bonchev–Trinajstić information content (AvgIpc) is 2.32. The maximum atomic E-state index is 12.0. The maximum absolute atomic E-state index is 12.0. The van der Waals surface area contributed by atoms with Gasteiger partial charge in [0, 0.05) is 28.4 Å². The topological polar surface area (TPSA) is 58.4 Å². The number of nitrogens with zero attached hydrogens (tertiary/aromatic N) is 1. The van der Waals surface area contributed by atoms with Gasteiger partial charge in [-0.25, -0.2) is 4.79 Å². The smallest absolute Gasteiger partial charge is 0.321 e. The van der Waals surface area contributed by atoms with Crippen molar-refractivity contribution in [2.24, 2.45) is 5.73 Å². The van der Waals surface area contributed by atoms with Gasteiger partial charge in [0.05, 0.1) is 0 Å². The number of benzene rings is 1. The van der Waals surface area contributed by atoms with E-state index < -0.39 is 0 Å². The van der Waals surface area contributed by atoms with Crippen LogP contribution in [0.15, 0.2) is 24.3 Å². The fourth-order valence-corrected chi connectivity index (χ4v) is 2.29. The molecule has 3 N–H and O–H groups in total. The highest BCUT2D eigenvalue weighted by molar-refractivity contribution is 14.1. The molecule has 0 spiro atoms. The van der Waals surface area contributed by atoms with E-state index in [2.05, 4.69) is 27.9 Å². The van der Waals surface area contributed by atoms with E-state index in [4.69, 9.17) is 5.73 Å². The normalized spacial score (nSPS) is 19.0. The van der Waals surface area contributed by atoms with Gasteiger partial charge in [0.15, 0.2) is 0 Å². The zero-order valence-corrected chi connectivity index (χ0v) is 12.9. The number of piperidine rings is 1. The van der Waals surface area contributed by atoms with Crippen LogP contribution in [0.1, 0.15) is 12.8 Å². The Kier molecular flexibility index (Phi) is 6.17. The summed E-state index contributed by atoms with van der Waals surface area (Å²) in [6.45, 7) is 1.44. The highest BCUT2D eigenvalue weighted by atomic mass is 127. The SMILES string of the molecule is Cl.N[C@@H]1CCCN(C(=O)Nc2ccc(I)cc2)C1. The van der Waals surface area contributed by atoms with Crippen LogP contribution >= 0.6 is 35.0 Å². The summed E-state index contributed by atoms with van der Waals surface area (Å²) in [5.41, 5.74) is 6.68. The second-order valence-electron chi connectivity index (χ2n) is 4.29. The second-order valence-corrected chi connectivity index (χ2v) is 5.53. The number of halogens is 2. The van der Waals surface area contributed by atoms with Crippen LogP contribution in [-0.2, 0) is 0 Å². The lowest BCUT2D eigenvalue weighted by Gasteiger charge is -2.30. The summed E-state index contributed by atoms with van der Waals surface area (Å²) in [6, 6.07) is 7.82. The number of hydrogen-bond acceptors (Lipinski definition) is 2. The summed E-state index contributed by atoms with van der Waals surface area (Å²) in [5, 5.41) is 2.89. The number of urea groups is 1. The molecule has 6 heteroatoms. The summed E-state index contributed by atoms with van der Waals surface area (Å²) in [6.07, 6.45) is 1.99. The van der Waals surface area contributed by atoms with Crippen LogP contribution in [0.4, 0.5) is 10.5 Å². The summed E-state index contributed by atoms with van der Waals surface area (Å²) in [7, 11) is 0. The summed E-state index contributed by atoms with van der Waals surface area (Å²) >= 11 is 2.24. The van der Waals surface area contributed by atoms with Gasteiger partial charge in [0.1, 0.15) is 0 Å². The number of hydrogen-bond donors (Lipinski definition) is 2.